The Labute approximate surface area is 93.5 Å². The van der Waals surface area contributed by atoms with Gasteiger partial charge in [-0.05, 0) is 18.4 Å². The van der Waals surface area contributed by atoms with Crippen molar-refractivity contribution < 1.29 is 32.3 Å². The van der Waals surface area contributed by atoms with Crippen LogP contribution in [-0.2, 0) is 33.6 Å². The summed E-state index contributed by atoms with van der Waals surface area (Å²) in [6.45, 7) is 0. The van der Waals surface area contributed by atoms with Crippen LogP contribution >= 0.6 is 0 Å². The summed E-state index contributed by atoms with van der Waals surface area (Å²) in [6.07, 6.45) is 1.83. The molecule has 0 saturated heterocycles. The third-order valence-electron chi connectivity index (χ3n) is 1.70. The number of carbonyl (C=O) groups is 1. The summed E-state index contributed by atoms with van der Waals surface area (Å²) >= 11 is 0. The molecule has 0 atom stereocenters. The van der Waals surface area contributed by atoms with E-state index in [2.05, 4.69) is 0 Å². The van der Waals surface area contributed by atoms with E-state index in [0.29, 0.717) is 0 Å². The summed E-state index contributed by atoms with van der Waals surface area (Å²) in [7, 11) is 0. The van der Waals surface area contributed by atoms with Crippen molar-refractivity contribution in [2.24, 2.45) is 0 Å². The fraction of sp³-hybridized carbons (Fsp3) is 0.300. The van der Waals surface area contributed by atoms with E-state index >= 15 is 0 Å². The Hall–Kier alpha value is -0.570. The van der Waals surface area contributed by atoms with Gasteiger partial charge in [-0.3, -0.25) is 4.79 Å². The van der Waals surface area contributed by atoms with E-state index in [1.165, 1.54) is 5.56 Å². The minimum atomic E-state index is -0.717. The van der Waals surface area contributed by atoms with Crippen molar-refractivity contribution in [2.45, 2.75) is 19.3 Å². The first-order valence-corrected chi connectivity index (χ1v) is 4.05. The fourth-order valence-electron chi connectivity index (χ4n) is 1.09. The predicted molar refractivity (Wildman–Crippen MR) is 47.0 cm³/mol. The van der Waals surface area contributed by atoms with Crippen LogP contribution in [-0.4, -0.2) is 11.1 Å². The van der Waals surface area contributed by atoms with Gasteiger partial charge in [0.2, 0.25) is 0 Å². The fourth-order valence-corrected chi connectivity index (χ4v) is 1.09. The summed E-state index contributed by atoms with van der Waals surface area (Å²) < 4.78 is 0. The second-order valence-electron chi connectivity index (χ2n) is 2.73. The Balaban J connectivity index is 0.00000144. The van der Waals surface area contributed by atoms with Gasteiger partial charge in [0.15, 0.2) is 0 Å². The first-order valence-electron chi connectivity index (χ1n) is 4.05. The molecule has 1 radical (unpaired) electrons. The van der Waals surface area contributed by atoms with Crippen molar-refractivity contribution in [1.82, 2.24) is 0 Å². The van der Waals surface area contributed by atoms with E-state index < -0.39 is 5.97 Å². The third-order valence-corrected chi connectivity index (χ3v) is 1.70. The van der Waals surface area contributed by atoms with Crippen LogP contribution in [0.25, 0.3) is 0 Å². The van der Waals surface area contributed by atoms with Crippen LogP contribution in [0.3, 0.4) is 0 Å². The normalized spacial score (nSPS) is 8.92. The Morgan fingerprint density at radius 3 is 2.38 bits per heavy atom. The van der Waals surface area contributed by atoms with Gasteiger partial charge in [0.25, 0.3) is 0 Å². The first kappa shape index (κ1) is 12.4. The molecule has 0 fully saturated rings. The third kappa shape index (κ3) is 5.64. The van der Waals surface area contributed by atoms with E-state index in [1.54, 1.807) is 0 Å². The van der Waals surface area contributed by atoms with Crippen LogP contribution in [0.15, 0.2) is 30.3 Å². The minimum Gasteiger partial charge on any atom is -0.481 e. The minimum absolute atomic E-state index is 0. The zero-order valence-electron chi connectivity index (χ0n) is 7.17. The summed E-state index contributed by atoms with van der Waals surface area (Å²) in [6, 6.07) is 9.93. The maximum Gasteiger partial charge on any atom is 0.303 e. The van der Waals surface area contributed by atoms with Crippen LogP contribution in [0, 0.1) is 0 Å². The molecule has 13 heavy (non-hydrogen) atoms. The van der Waals surface area contributed by atoms with E-state index in [9.17, 15) is 4.79 Å². The second-order valence-corrected chi connectivity index (χ2v) is 2.73. The van der Waals surface area contributed by atoms with Crippen molar-refractivity contribution >= 4 is 5.97 Å². The van der Waals surface area contributed by atoms with Crippen LogP contribution in [0.1, 0.15) is 18.4 Å². The number of rotatable bonds is 4. The molecule has 0 aliphatic carbocycles. The maximum absolute atomic E-state index is 10.2. The zero-order valence-corrected chi connectivity index (χ0v) is 8.65. The number of hydrogen-bond acceptors (Lipinski definition) is 1. The molecule has 1 N–H and O–H groups in total. The van der Waals surface area contributed by atoms with Gasteiger partial charge in [-0.25, -0.2) is 0 Å². The van der Waals surface area contributed by atoms with Crippen LogP contribution < -0.4 is 0 Å². The van der Waals surface area contributed by atoms with Gasteiger partial charge in [-0.2, -0.15) is 0 Å². The molecule has 1 aromatic rings. The molecule has 0 spiro atoms. The number of carboxylic acid groups (broad SMARTS) is 1. The monoisotopic (exact) mass is 271 g/mol. The zero-order chi connectivity index (χ0) is 8.81. The SMILES string of the molecule is O=C(O)CCCc1ccccc1.[Ag]. The van der Waals surface area contributed by atoms with E-state index in [4.69, 9.17) is 5.11 Å². The predicted octanol–water partition coefficient (Wildman–Crippen LogP) is 2.09. The maximum atomic E-state index is 10.2. The topological polar surface area (TPSA) is 37.3 Å². The van der Waals surface area contributed by atoms with Crippen LogP contribution in [0.2, 0.25) is 0 Å². The summed E-state index contributed by atoms with van der Waals surface area (Å²) in [5.41, 5.74) is 1.21. The number of aliphatic carboxylic acids is 1. The van der Waals surface area contributed by atoms with Crippen molar-refractivity contribution in [2.75, 3.05) is 0 Å². The van der Waals surface area contributed by atoms with Crippen LogP contribution in [0.4, 0.5) is 0 Å². The molecule has 1 rings (SSSR count). The molecule has 3 heteroatoms. The number of hydrogen-bond donors (Lipinski definition) is 1. The quantitative estimate of drug-likeness (QED) is 0.852. The molecule has 0 bridgehead atoms. The smallest absolute Gasteiger partial charge is 0.303 e. The van der Waals surface area contributed by atoms with E-state index in [-0.39, 0.29) is 28.8 Å². The molecule has 0 unspecified atom stereocenters. The van der Waals surface area contributed by atoms with Gasteiger partial charge in [0.1, 0.15) is 0 Å². The molecular weight excluding hydrogens is 260 g/mol. The Kier molecular flexibility index (Phi) is 6.59. The molecule has 0 aromatic heterocycles. The van der Waals surface area contributed by atoms with Gasteiger partial charge in [0.05, 0.1) is 0 Å². The van der Waals surface area contributed by atoms with Gasteiger partial charge in [-0.1, -0.05) is 30.3 Å². The molecular formula is C10H12AgO2. The summed E-state index contributed by atoms with van der Waals surface area (Å²) in [5.74, 6) is -0.717. The average molecular weight is 272 g/mol. The molecule has 75 valence electrons. The standard InChI is InChI=1S/C10H12O2.Ag/c11-10(12)8-4-7-9-5-2-1-3-6-9;/h1-3,5-6H,4,7-8H2,(H,11,12);. The Morgan fingerprint density at radius 2 is 1.85 bits per heavy atom. The van der Waals surface area contributed by atoms with Crippen molar-refractivity contribution in [1.29, 1.82) is 0 Å². The van der Waals surface area contributed by atoms with Crippen molar-refractivity contribution in [3.8, 4) is 0 Å². The van der Waals surface area contributed by atoms with Crippen molar-refractivity contribution in [3.05, 3.63) is 35.9 Å². The molecule has 0 aliphatic heterocycles. The summed E-state index contributed by atoms with van der Waals surface area (Å²) in [5, 5.41) is 8.39. The molecule has 1 aromatic carbocycles. The largest absolute Gasteiger partial charge is 0.481 e. The molecule has 0 heterocycles. The van der Waals surface area contributed by atoms with Crippen molar-refractivity contribution in [3.63, 3.8) is 0 Å². The van der Waals surface area contributed by atoms with E-state index in [1.807, 2.05) is 30.3 Å². The van der Waals surface area contributed by atoms with Crippen LogP contribution in [0.5, 0.6) is 0 Å². The molecule has 0 aliphatic rings. The van der Waals surface area contributed by atoms with Gasteiger partial charge >= 0.3 is 5.97 Å². The van der Waals surface area contributed by atoms with Gasteiger partial charge in [0, 0.05) is 28.8 Å². The van der Waals surface area contributed by atoms with Gasteiger partial charge in [-0.15, -0.1) is 0 Å². The number of aryl methyl sites for hydroxylation is 1. The summed E-state index contributed by atoms with van der Waals surface area (Å²) in [4.78, 5) is 10.2. The molecule has 0 amide bonds. The van der Waals surface area contributed by atoms with E-state index in [0.717, 1.165) is 12.8 Å². The first-order chi connectivity index (χ1) is 5.79. The van der Waals surface area contributed by atoms with Gasteiger partial charge < -0.3 is 5.11 Å². The number of carboxylic acids is 1. The second kappa shape index (κ2) is 6.89. The Bertz CT molecular complexity index is 246. The Morgan fingerprint density at radius 1 is 1.23 bits per heavy atom. The molecule has 0 saturated carbocycles. The number of benzene rings is 1. The average Bonchev–Trinajstić information content (AvgIpc) is 2.05. The molecule has 2 nitrogen and oxygen atoms in total.